The largest absolute Gasteiger partial charge is 0.356 e. The van der Waals surface area contributed by atoms with E-state index in [1.807, 2.05) is 14.1 Å². The van der Waals surface area contributed by atoms with Crippen molar-refractivity contribution in [2.24, 2.45) is 16.3 Å². The smallest absolute Gasteiger partial charge is 0.243 e. The molecule has 0 spiro atoms. The van der Waals surface area contributed by atoms with Gasteiger partial charge < -0.3 is 20.4 Å². The van der Waals surface area contributed by atoms with Crippen LogP contribution in [0.2, 0.25) is 0 Å². The minimum Gasteiger partial charge on any atom is -0.356 e. The summed E-state index contributed by atoms with van der Waals surface area (Å²) in [5.41, 5.74) is -0.366. The lowest BCUT2D eigenvalue weighted by atomic mass is 9.84. The van der Waals surface area contributed by atoms with Crippen LogP contribution >= 0.6 is 0 Å². The molecule has 7 nitrogen and oxygen atoms in total. The topological polar surface area (TPSA) is 77.0 Å². The molecule has 1 saturated carbocycles. The lowest BCUT2D eigenvalue weighted by molar-refractivity contribution is -0.138. The van der Waals surface area contributed by atoms with E-state index in [-0.39, 0.29) is 23.8 Å². The molecule has 1 rings (SSSR count). The highest BCUT2D eigenvalue weighted by Crippen LogP contribution is 2.38. The number of nitrogens with one attached hydrogen (secondary N) is 2. The molecule has 144 valence electrons. The highest BCUT2D eigenvalue weighted by Gasteiger charge is 2.42. The molecule has 1 fully saturated rings. The minimum atomic E-state index is -0.366. The van der Waals surface area contributed by atoms with Gasteiger partial charge in [-0.3, -0.25) is 9.59 Å². The van der Waals surface area contributed by atoms with Gasteiger partial charge in [0.15, 0.2) is 5.96 Å². The fourth-order valence-corrected chi connectivity index (χ4v) is 3.01. The van der Waals surface area contributed by atoms with Gasteiger partial charge in [-0.15, -0.1) is 0 Å². The van der Waals surface area contributed by atoms with Crippen molar-refractivity contribution >= 4 is 17.8 Å². The molecular weight excluding hydrogens is 318 g/mol. The third kappa shape index (κ3) is 6.55. The molecule has 0 unspecified atom stereocenters. The molecule has 0 aromatic rings. The Labute approximate surface area is 152 Å². The zero-order valence-electron chi connectivity index (χ0n) is 16.7. The van der Waals surface area contributed by atoms with Gasteiger partial charge in [-0.25, -0.2) is 4.99 Å². The van der Waals surface area contributed by atoms with Gasteiger partial charge in [0.2, 0.25) is 11.8 Å². The number of rotatable bonds is 7. The fraction of sp³-hybridized carbons (Fsp3) is 0.833. The summed E-state index contributed by atoms with van der Waals surface area (Å²) in [7, 11) is 7.06. The van der Waals surface area contributed by atoms with Gasteiger partial charge in [-0.2, -0.15) is 0 Å². The summed E-state index contributed by atoms with van der Waals surface area (Å²) in [6.07, 6.45) is 3.94. The number of hydrogen-bond donors (Lipinski definition) is 2. The monoisotopic (exact) mass is 353 g/mol. The van der Waals surface area contributed by atoms with E-state index < -0.39 is 0 Å². The average Bonchev–Trinajstić information content (AvgIpc) is 3.02. The van der Waals surface area contributed by atoms with Crippen molar-refractivity contribution in [2.75, 3.05) is 47.8 Å². The van der Waals surface area contributed by atoms with E-state index in [0.29, 0.717) is 18.4 Å². The van der Waals surface area contributed by atoms with Crippen molar-refractivity contribution in [1.29, 1.82) is 0 Å². The molecule has 0 aliphatic heterocycles. The Morgan fingerprint density at radius 3 is 2.12 bits per heavy atom. The number of nitrogens with zero attached hydrogens (tertiary/aromatic N) is 3. The molecule has 1 aliphatic rings. The Bertz CT molecular complexity index is 480. The Morgan fingerprint density at radius 2 is 1.64 bits per heavy atom. The van der Waals surface area contributed by atoms with Gasteiger partial charge in [-0.05, 0) is 18.8 Å². The zero-order chi connectivity index (χ0) is 19.0. The van der Waals surface area contributed by atoms with Crippen molar-refractivity contribution < 1.29 is 9.59 Å². The number of aliphatic imine (C=N–C) groups is 1. The Hall–Kier alpha value is -1.79. The van der Waals surface area contributed by atoms with Crippen molar-refractivity contribution in [3.8, 4) is 0 Å². The number of hydrogen-bond acceptors (Lipinski definition) is 3. The first-order chi connectivity index (χ1) is 11.7. The molecule has 0 aromatic carbocycles. The standard InChI is InChI=1S/C18H35N5O2/c1-14(2)11-19-17(20-12-15(24)22(3)4)21-13-18(9-7-8-10-18)16(25)23(5)6/h14H,7-13H2,1-6H3,(H2,19,20,21). The highest BCUT2D eigenvalue weighted by molar-refractivity contribution is 5.86. The first-order valence-corrected chi connectivity index (χ1v) is 9.12. The molecular formula is C18H35N5O2. The molecule has 1 aliphatic carbocycles. The van der Waals surface area contributed by atoms with Crippen LogP contribution in [0.5, 0.6) is 0 Å². The van der Waals surface area contributed by atoms with Crippen LogP contribution in [-0.2, 0) is 9.59 Å². The number of guanidine groups is 1. The lowest BCUT2D eigenvalue weighted by Crippen LogP contribution is -2.49. The summed E-state index contributed by atoms with van der Waals surface area (Å²) in [4.78, 5) is 32.1. The maximum atomic E-state index is 12.7. The number of likely N-dealkylation sites (N-methyl/N-ethyl adjacent to an activating group) is 1. The zero-order valence-corrected chi connectivity index (χ0v) is 16.7. The number of carbonyl (C=O) groups excluding carboxylic acids is 2. The quantitative estimate of drug-likeness (QED) is 0.527. The van der Waals surface area contributed by atoms with E-state index in [4.69, 9.17) is 0 Å². The second kappa shape index (κ2) is 9.63. The van der Waals surface area contributed by atoms with Gasteiger partial charge in [0, 0.05) is 41.3 Å². The van der Waals surface area contributed by atoms with Crippen LogP contribution in [0, 0.1) is 11.3 Å². The first kappa shape index (κ1) is 21.3. The molecule has 0 bridgehead atoms. The molecule has 0 saturated heterocycles. The summed E-state index contributed by atoms with van der Waals surface area (Å²) >= 11 is 0. The van der Waals surface area contributed by atoms with Gasteiger partial charge in [0.25, 0.3) is 0 Å². The van der Waals surface area contributed by atoms with Gasteiger partial charge in [0.1, 0.15) is 6.54 Å². The Morgan fingerprint density at radius 1 is 1.04 bits per heavy atom. The van der Waals surface area contributed by atoms with Crippen molar-refractivity contribution in [1.82, 2.24) is 20.4 Å². The van der Waals surface area contributed by atoms with Gasteiger partial charge in [0.05, 0.1) is 5.41 Å². The van der Waals surface area contributed by atoms with Crippen LogP contribution in [0.3, 0.4) is 0 Å². The molecule has 2 N–H and O–H groups in total. The molecule has 2 amide bonds. The molecule has 7 heteroatoms. The van der Waals surface area contributed by atoms with Crippen molar-refractivity contribution in [3.05, 3.63) is 0 Å². The predicted octanol–water partition coefficient (Wildman–Crippen LogP) is 0.914. The van der Waals surface area contributed by atoms with Crippen LogP contribution in [0.25, 0.3) is 0 Å². The fourth-order valence-electron chi connectivity index (χ4n) is 3.01. The summed E-state index contributed by atoms with van der Waals surface area (Å²) in [6, 6.07) is 0. The van der Waals surface area contributed by atoms with Crippen molar-refractivity contribution in [3.63, 3.8) is 0 Å². The molecule has 25 heavy (non-hydrogen) atoms. The van der Waals surface area contributed by atoms with Crippen LogP contribution in [0.15, 0.2) is 4.99 Å². The van der Waals surface area contributed by atoms with E-state index in [1.165, 1.54) is 4.90 Å². The van der Waals surface area contributed by atoms with Gasteiger partial charge >= 0.3 is 0 Å². The van der Waals surface area contributed by atoms with E-state index in [9.17, 15) is 9.59 Å². The van der Waals surface area contributed by atoms with Gasteiger partial charge in [-0.1, -0.05) is 26.7 Å². The molecule has 0 aromatic heterocycles. The average molecular weight is 354 g/mol. The van der Waals surface area contributed by atoms with E-state index >= 15 is 0 Å². The van der Waals surface area contributed by atoms with E-state index in [1.54, 1.807) is 19.0 Å². The van der Waals surface area contributed by atoms with E-state index in [0.717, 1.165) is 32.2 Å². The third-order valence-electron chi connectivity index (χ3n) is 4.56. The lowest BCUT2D eigenvalue weighted by Gasteiger charge is -2.31. The summed E-state index contributed by atoms with van der Waals surface area (Å²) < 4.78 is 0. The molecule has 0 heterocycles. The first-order valence-electron chi connectivity index (χ1n) is 9.12. The van der Waals surface area contributed by atoms with Crippen LogP contribution in [0.4, 0.5) is 0 Å². The minimum absolute atomic E-state index is 0.0504. The van der Waals surface area contributed by atoms with Crippen LogP contribution in [0.1, 0.15) is 39.5 Å². The van der Waals surface area contributed by atoms with Crippen molar-refractivity contribution in [2.45, 2.75) is 39.5 Å². The third-order valence-corrected chi connectivity index (χ3v) is 4.56. The second-order valence-electron chi connectivity index (χ2n) is 7.77. The molecule has 0 atom stereocenters. The maximum Gasteiger partial charge on any atom is 0.243 e. The Balaban J connectivity index is 2.79. The van der Waals surface area contributed by atoms with Crippen LogP contribution in [-0.4, -0.2) is 75.4 Å². The summed E-state index contributed by atoms with van der Waals surface area (Å²) in [5, 5.41) is 6.57. The number of carbonyl (C=O) groups is 2. The van der Waals surface area contributed by atoms with E-state index in [2.05, 4.69) is 29.5 Å². The Kier molecular flexibility index (Phi) is 8.19. The SMILES string of the molecule is CC(C)CNC(=NCC(=O)N(C)C)NCC1(C(=O)N(C)C)CCCC1. The molecule has 0 radical (unpaired) electrons. The highest BCUT2D eigenvalue weighted by atomic mass is 16.2. The summed E-state index contributed by atoms with van der Waals surface area (Å²) in [5.74, 6) is 1.18. The number of amides is 2. The maximum absolute atomic E-state index is 12.7. The summed E-state index contributed by atoms with van der Waals surface area (Å²) in [6.45, 7) is 5.63. The van der Waals surface area contributed by atoms with Crippen LogP contribution < -0.4 is 10.6 Å². The predicted molar refractivity (Wildman–Crippen MR) is 101 cm³/mol. The normalized spacial score (nSPS) is 16.7. The second-order valence-corrected chi connectivity index (χ2v) is 7.77.